The lowest BCUT2D eigenvalue weighted by atomic mass is 9.68. The third-order valence-electron chi connectivity index (χ3n) is 8.91. The molecule has 8 nitrogen and oxygen atoms in total. The van der Waals surface area contributed by atoms with Crippen LogP contribution in [-0.4, -0.2) is 72.0 Å². The van der Waals surface area contributed by atoms with Crippen LogP contribution < -0.4 is 10.1 Å². The quantitative estimate of drug-likeness (QED) is 0.577. The summed E-state index contributed by atoms with van der Waals surface area (Å²) in [5.41, 5.74) is 0.998. The van der Waals surface area contributed by atoms with Crippen LogP contribution in [0.5, 0.6) is 5.75 Å². The van der Waals surface area contributed by atoms with Crippen LogP contribution in [-0.2, 0) is 16.9 Å². The maximum Gasteiger partial charge on any atom is 0.321 e. The van der Waals surface area contributed by atoms with Crippen LogP contribution in [0.2, 0.25) is 0 Å². The number of nitrogens with zero attached hydrogens (tertiary/aromatic N) is 4. The van der Waals surface area contributed by atoms with Crippen molar-refractivity contribution in [1.82, 2.24) is 20.0 Å². The van der Waals surface area contributed by atoms with Gasteiger partial charge in [-0.25, -0.2) is 4.79 Å². The van der Waals surface area contributed by atoms with E-state index in [9.17, 15) is 14.9 Å². The van der Waals surface area contributed by atoms with Crippen molar-refractivity contribution in [2.75, 3.05) is 34.3 Å². The van der Waals surface area contributed by atoms with Crippen molar-refractivity contribution in [2.45, 2.75) is 61.7 Å². The van der Waals surface area contributed by atoms with E-state index in [-0.39, 0.29) is 24.0 Å². The number of nitriles is 1. The molecule has 0 unspecified atom stereocenters. The van der Waals surface area contributed by atoms with Gasteiger partial charge in [0.05, 0.1) is 18.7 Å². The highest BCUT2D eigenvalue weighted by atomic mass is 16.5. The fourth-order valence-corrected chi connectivity index (χ4v) is 6.33. The molecule has 3 fully saturated rings. The molecule has 5 rings (SSSR count). The van der Waals surface area contributed by atoms with Gasteiger partial charge < -0.3 is 19.9 Å². The van der Waals surface area contributed by atoms with E-state index >= 15 is 0 Å². The Kier molecular flexibility index (Phi) is 6.83. The van der Waals surface area contributed by atoms with Gasteiger partial charge in [0, 0.05) is 18.6 Å². The van der Waals surface area contributed by atoms with Crippen molar-refractivity contribution in [3.63, 3.8) is 0 Å². The number of carbonyl (C=O) groups is 2. The number of methoxy groups -OCH3 is 1. The molecule has 0 bridgehead atoms. The number of nitrogens with one attached hydrogen (secondary N) is 1. The number of ether oxygens (including phenoxy) is 1. The van der Waals surface area contributed by atoms with Crippen LogP contribution >= 0.6 is 0 Å². The molecule has 1 heterocycles. The third-order valence-corrected chi connectivity index (χ3v) is 8.91. The van der Waals surface area contributed by atoms with E-state index in [1.807, 2.05) is 35.2 Å². The molecule has 2 aromatic rings. The van der Waals surface area contributed by atoms with Crippen LogP contribution in [0.15, 0.2) is 54.6 Å². The van der Waals surface area contributed by atoms with Crippen molar-refractivity contribution >= 4 is 11.9 Å². The normalized spacial score (nSPS) is 25.9. The van der Waals surface area contributed by atoms with Gasteiger partial charge in [0.2, 0.25) is 5.91 Å². The lowest BCUT2D eigenvalue weighted by Crippen LogP contribution is -2.57. The van der Waals surface area contributed by atoms with Crippen LogP contribution in [0, 0.1) is 11.3 Å². The molecule has 1 saturated heterocycles. The number of hydrogen-bond donors (Lipinski definition) is 1. The Morgan fingerprint density at radius 2 is 1.68 bits per heavy atom. The third kappa shape index (κ3) is 4.71. The predicted octanol–water partition coefficient (Wildman–Crippen LogP) is 3.88. The summed E-state index contributed by atoms with van der Waals surface area (Å²) in [5, 5.41) is 12.3. The number of benzene rings is 2. The SMILES string of the molecule is COc1ccc(CN2C[C@]3(CC[C@@](c4ccccc4)(N(C)C)CC3)N(CC(=O)NC3(C#N)CC3)C2=O)cc1. The average molecular weight is 516 g/mol. The summed E-state index contributed by atoms with van der Waals surface area (Å²) in [6, 6.07) is 20.5. The first-order valence-corrected chi connectivity index (χ1v) is 13.4. The van der Waals surface area contributed by atoms with Crippen molar-refractivity contribution in [3.8, 4) is 11.8 Å². The van der Waals surface area contributed by atoms with E-state index in [0.29, 0.717) is 25.9 Å². The van der Waals surface area contributed by atoms with Crippen molar-refractivity contribution in [3.05, 3.63) is 65.7 Å². The van der Waals surface area contributed by atoms with Gasteiger partial charge in [-0.15, -0.1) is 0 Å². The summed E-state index contributed by atoms with van der Waals surface area (Å²) in [5.74, 6) is 0.520. The number of urea groups is 1. The number of amides is 3. The van der Waals surface area contributed by atoms with Gasteiger partial charge in [-0.3, -0.25) is 9.69 Å². The maximum atomic E-state index is 13.8. The summed E-state index contributed by atoms with van der Waals surface area (Å²) in [6.45, 7) is 1.02. The first kappa shape index (κ1) is 26.1. The fraction of sp³-hybridized carbons (Fsp3) is 0.500. The van der Waals surface area contributed by atoms with E-state index in [0.717, 1.165) is 37.0 Å². The molecular formula is C30H37N5O3. The summed E-state index contributed by atoms with van der Waals surface area (Å²) in [6.07, 6.45) is 4.69. The van der Waals surface area contributed by atoms with Gasteiger partial charge in [0.25, 0.3) is 0 Å². The standard InChI is InChI=1S/C30H37N5O3/c1-33(2)30(24-7-5-4-6-8-24)17-15-29(16-18-30)22-34(19-23-9-11-25(38-3)12-10-23)27(37)35(29)20-26(36)32-28(21-31)13-14-28/h4-12H,13-20,22H2,1-3H3,(H,32,36)/t29-,30-. The monoisotopic (exact) mass is 515 g/mol. The molecule has 38 heavy (non-hydrogen) atoms. The zero-order valence-corrected chi connectivity index (χ0v) is 22.6. The highest BCUT2D eigenvalue weighted by Gasteiger charge is 2.55. The number of hydrogen-bond acceptors (Lipinski definition) is 5. The molecule has 0 atom stereocenters. The highest BCUT2D eigenvalue weighted by molar-refractivity contribution is 5.87. The molecule has 0 radical (unpaired) electrons. The molecule has 1 aliphatic heterocycles. The molecule has 1 N–H and O–H groups in total. The Balaban J connectivity index is 1.40. The summed E-state index contributed by atoms with van der Waals surface area (Å²) >= 11 is 0. The van der Waals surface area contributed by atoms with Crippen LogP contribution in [0.25, 0.3) is 0 Å². The topological polar surface area (TPSA) is 88.9 Å². The minimum Gasteiger partial charge on any atom is -0.497 e. The number of carbonyl (C=O) groups excluding carboxylic acids is 2. The highest BCUT2D eigenvalue weighted by Crippen LogP contribution is 2.49. The summed E-state index contributed by atoms with van der Waals surface area (Å²) in [7, 11) is 5.89. The Hall–Kier alpha value is -3.57. The largest absolute Gasteiger partial charge is 0.497 e. The molecule has 1 spiro atoms. The van der Waals surface area contributed by atoms with Crippen molar-refractivity contribution in [2.24, 2.45) is 0 Å². The zero-order chi connectivity index (χ0) is 27.0. The smallest absolute Gasteiger partial charge is 0.321 e. The summed E-state index contributed by atoms with van der Waals surface area (Å²) < 4.78 is 5.28. The van der Waals surface area contributed by atoms with Gasteiger partial charge in [-0.1, -0.05) is 42.5 Å². The van der Waals surface area contributed by atoms with Crippen LogP contribution in [0.3, 0.4) is 0 Å². The molecule has 200 valence electrons. The van der Waals surface area contributed by atoms with Crippen LogP contribution in [0.1, 0.15) is 49.7 Å². The molecule has 2 aliphatic carbocycles. The van der Waals surface area contributed by atoms with E-state index in [2.05, 4.69) is 54.6 Å². The van der Waals surface area contributed by atoms with E-state index in [1.54, 1.807) is 12.0 Å². The van der Waals surface area contributed by atoms with Gasteiger partial charge in [-0.2, -0.15) is 5.26 Å². The first-order valence-electron chi connectivity index (χ1n) is 13.4. The van der Waals surface area contributed by atoms with Crippen LogP contribution in [0.4, 0.5) is 4.79 Å². The van der Waals surface area contributed by atoms with Crippen molar-refractivity contribution < 1.29 is 14.3 Å². The average Bonchev–Trinajstić information content (AvgIpc) is 3.67. The molecule has 8 heteroatoms. The minimum absolute atomic E-state index is 0.0261. The molecule has 3 aliphatic rings. The lowest BCUT2D eigenvalue weighted by Gasteiger charge is -2.51. The zero-order valence-electron chi connectivity index (χ0n) is 22.6. The fourth-order valence-electron chi connectivity index (χ4n) is 6.33. The minimum atomic E-state index is -0.754. The lowest BCUT2D eigenvalue weighted by molar-refractivity contribution is -0.123. The molecule has 0 aromatic heterocycles. The van der Waals surface area contributed by atoms with Gasteiger partial charge in [0.1, 0.15) is 17.8 Å². The first-order chi connectivity index (χ1) is 18.2. The van der Waals surface area contributed by atoms with E-state index < -0.39 is 11.1 Å². The summed E-state index contributed by atoms with van der Waals surface area (Å²) in [4.78, 5) is 32.9. The van der Waals surface area contributed by atoms with Gasteiger partial charge in [-0.05, 0) is 75.9 Å². The Labute approximate surface area is 225 Å². The van der Waals surface area contributed by atoms with E-state index in [4.69, 9.17) is 4.74 Å². The Morgan fingerprint density at radius 1 is 1.03 bits per heavy atom. The number of rotatable bonds is 8. The van der Waals surface area contributed by atoms with Gasteiger partial charge >= 0.3 is 6.03 Å². The molecule has 3 amide bonds. The Bertz CT molecular complexity index is 1210. The second-order valence-electron chi connectivity index (χ2n) is 11.3. The second-order valence-corrected chi connectivity index (χ2v) is 11.3. The predicted molar refractivity (Wildman–Crippen MR) is 144 cm³/mol. The molecular weight excluding hydrogens is 478 g/mol. The Morgan fingerprint density at radius 3 is 2.24 bits per heavy atom. The molecule has 2 saturated carbocycles. The molecule has 2 aromatic carbocycles. The second kappa shape index (κ2) is 9.95. The van der Waals surface area contributed by atoms with Crippen molar-refractivity contribution in [1.29, 1.82) is 5.26 Å². The van der Waals surface area contributed by atoms with Gasteiger partial charge in [0.15, 0.2) is 0 Å². The maximum absolute atomic E-state index is 13.8. The van der Waals surface area contributed by atoms with E-state index in [1.165, 1.54) is 5.56 Å².